The number of fused-ring (bicyclic) bond motifs is 1. The van der Waals surface area contributed by atoms with Gasteiger partial charge in [-0.25, -0.2) is 14.2 Å². The molecule has 0 saturated heterocycles. The number of amides is 3. The van der Waals surface area contributed by atoms with Crippen molar-refractivity contribution in [3.63, 3.8) is 0 Å². The summed E-state index contributed by atoms with van der Waals surface area (Å²) < 4.78 is 15.0. The number of aromatic nitrogens is 1. The number of nitrogens with one attached hydrogen (secondary N) is 2. The lowest BCUT2D eigenvalue weighted by molar-refractivity contribution is -0.120. The molecule has 0 saturated carbocycles. The third kappa shape index (κ3) is 5.40. The molecule has 0 radical (unpaired) electrons. The number of carbonyl (C=O) groups excluding carboxylic acids is 2. The Morgan fingerprint density at radius 2 is 1.76 bits per heavy atom. The highest BCUT2D eigenvalue weighted by Gasteiger charge is 2.34. The Morgan fingerprint density at radius 1 is 1.00 bits per heavy atom. The topological polar surface area (TPSA) is 86.7 Å². The predicted octanol–water partition coefficient (Wildman–Crippen LogP) is 5.71. The fourth-order valence-corrected chi connectivity index (χ4v) is 4.45. The number of anilines is 2. The number of urea groups is 1. The van der Waals surface area contributed by atoms with Gasteiger partial charge in [0, 0.05) is 28.0 Å². The van der Waals surface area contributed by atoms with Gasteiger partial charge in [0.25, 0.3) is 5.91 Å². The van der Waals surface area contributed by atoms with Crippen molar-refractivity contribution in [3.05, 3.63) is 124 Å². The van der Waals surface area contributed by atoms with Crippen LogP contribution in [-0.4, -0.2) is 28.8 Å². The SMILES string of the molecule is Cc1cccc(NC(=O)N[C@@H]2N=C(c3ccccc3F)c3ccccc3N(Cc3cc(Cl)ccn3)C2=O)c1. The van der Waals surface area contributed by atoms with Gasteiger partial charge in [0.2, 0.25) is 6.17 Å². The number of hydrogen-bond acceptors (Lipinski definition) is 4. The van der Waals surface area contributed by atoms with Crippen molar-refractivity contribution in [1.29, 1.82) is 0 Å². The Morgan fingerprint density at radius 3 is 2.53 bits per heavy atom. The zero-order chi connectivity index (χ0) is 26.6. The Hall–Kier alpha value is -4.56. The van der Waals surface area contributed by atoms with Crippen molar-refractivity contribution < 1.29 is 14.0 Å². The molecule has 0 bridgehead atoms. The molecule has 0 unspecified atom stereocenters. The van der Waals surface area contributed by atoms with Crippen LogP contribution in [0.15, 0.2) is 96.1 Å². The van der Waals surface area contributed by atoms with Gasteiger partial charge in [0.15, 0.2) is 0 Å². The highest BCUT2D eigenvalue weighted by Crippen LogP contribution is 2.30. The first-order chi connectivity index (χ1) is 18.4. The van der Waals surface area contributed by atoms with Crippen LogP contribution in [0.2, 0.25) is 5.02 Å². The van der Waals surface area contributed by atoms with E-state index in [0.717, 1.165) is 5.56 Å². The van der Waals surface area contributed by atoms with Crippen LogP contribution in [0.5, 0.6) is 0 Å². The maximum atomic E-state index is 15.0. The van der Waals surface area contributed by atoms with E-state index in [0.29, 0.717) is 27.7 Å². The van der Waals surface area contributed by atoms with E-state index in [4.69, 9.17) is 11.6 Å². The summed E-state index contributed by atoms with van der Waals surface area (Å²) in [6.45, 7) is 1.97. The highest BCUT2D eigenvalue weighted by molar-refractivity contribution is 6.30. The zero-order valence-electron chi connectivity index (χ0n) is 20.4. The van der Waals surface area contributed by atoms with Crippen molar-refractivity contribution >= 4 is 40.6 Å². The van der Waals surface area contributed by atoms with Crippen LogP contribution in [0.1, 0.15) is 22.4 Å². The average Bonchev–Trinajstić information content (AvgIpc) is 3.00. The molecule has 3 aromatic carbocycles. The lowest BCUT2D eigenvalue weighted by Gasteiger charge is -2.25. The van der Waals surface area contributed by atoms with Crippen LogP contribution >= 0.6 is 11.6 Å². The van der Waals surface area contributed by atoms with Crippen LogP contribution in [-0.2, 0) is 11.3 Å². The Bertz CT molecular complexity index is 1560. The van der Waals surface area contributed by atoms with E-state index in [-0.39, 0.29) is 17.8 Å². The number of hydrogen-bond donors (Lipinski definition) is 2. The lowest BCUT2D eigenvalue weighted by Crippen LogP contribution is -2.48. The number of rotatable bonds is 5. The molecule has 2 heterocycles. The summed E-state index contributed by atoms with van der Waals surface area (Å²) in [6.07, 6.45) is 0.207. The molecule has 0 spiro atoms. The minimum atomic E-state index is -1.35. The van der Waals surface area contributed by atoms with E-state index in [1.807, 2.05) is 19.1 Å². The van der Waals surface area contributed by atoms with Crippen LogP contribution in [0.4, 0.5) is 20.6 Å². The summed E-state index contributed by atoms with van der Waals surface area (Å²) in [6, 6.07) is 23.2. The predicted molar refractivity (Wildman–Crippen MR) is 146 cm³/mol. The minimum absolute atomic E-state index is 0.0636. The second kappa shape index (κ2) is 10.8. The summed E-state index contributed by atoms with van der Waals surface area (Å²) in [5.74, 6) is -1.01. The standard InChI is InChI=1S/C29H23ClFN5O2/c1-18-7-6-8-20(15-18)33-29(38)35-27-28(37)36(17-21-16-19(30)13-14-32-21)25-12-5-3-10-23(25)26(34-27)22-9-2-4-11-24(22)31/h2-16,27H,17H2,1H3,(H2,33,35,38)/t27-/m0/s1. The molecule has 1 aliphatic heterocycles. The molecular weight excluding hydrogens is 505 g/mol. The Kier molecular flexibility index (Phi) is 7.15. The van der Waals surface area contributed by atoms with Gasteiger partial charge in [-0.2, -0.15) is 0 Å². The number of carbonyl (C=O) groups is 2. The minimum Gasteiger partial charge on any atom is -0.308 e. The van der Waals surface area contributed by atoms with Gasteiger partial charge < -0.3 is 15.5 Å². The molecule has 2 N–H and O–H groups in total. The van der Waals surface area contributed by atoms with Crippen LogP contribution in [0, 0.1) is 12.7 Å². The molecule has 0 fully saturated rings. The van der Waals surface area contributed by atoms with E-state index >= 15 is 0 Å². The van der Waals surface area contributed by atoms with E-state index < -0.39 is 23.9 Å². The second-order valence-electron chi connectivity index (χ2n) is 8.73. The zero-order valence-corrected chi connectivity index (χ0v) is 21.1. The van der Waals surface area contributed by atoms with Gasteiger partial charge in [0.05, 0.1) is 23.6 Å². The molecule has 9 heteroatoms. The molecule has 1 aliphatic rings. The number of aryl methyl sites for hydroxylation is 1. The second-order valence-corrected chi connectivity index (χ2v) is 9.17. The largest absolute Gasteiger partial charge is 0.321 e. The molecule has 190 valence electrons. The van der Waals surface area contributed by atoms with Gasteiger partial charge in [-0.1, -0.05) is 54.1 Å². The maximum Gasteiger partial charge on any atom is 0.321 e. The molecule has 1 atom stereocenters. The third-order valence-electron chi connectivity index (χ3n) is 5.98. The molecule has 0 aliphatic carbocycles. The maximum absolute atomic E-state index is 15.0. The van der Waals surface area contributed by atoms with Gasteiger partial charge in [-0.05, 0) is 55.0 Å². The molecule has 7 nitrogen and oxygen atoms in total. The van der Waals surface area contributed by atoms with E-state index in [1.165, 1.54) is 11.0 Å². The number of para-hydroxylation sites is 1. The molecule has 4 aromatic rings. The number of nitrogens with zero attached hydrogens (tertiary/aromatic N) is 3. The number of benzodiazepines with no additional fused rings is 1. The summed E-state index contributed by atoms with van der Waals surface area (Å²) in [5, 5.41) is 5.87. The molecule has 3 amide bonds. The summed E-state index contributed by atoms with van der Waals surface area (Å²) in [7, 11) is 0. The first-order valence-corrected chi connectivity index (χ1v) is 12.2. The van der Waals surface area contributed by atoms with Crippen molar-refractivity contribution in [3.8, 4) is 0 Å². The number of pyridine rings is 1. The van der Waals surface area contributed by atoms with Crippen molar-refractivity contribution in [2.24, 2.45) is 4.99 Å². The van der Waals surface area contributed by atoms with Crippen molar-refractivity contribution in [1.82, 2.24) is 10.3 Å². The van der Waals surface area contributed by atoms with Crippen LogP contribution in [0.3, 0.4) is 0 Å². The fraction of sp³-hybridized carbons (Fsp3) is 0.103. The van der Waals surface area contributed by atoms with Crippen LogP contribution in [0.25, 0.3) is 0 Å². The van der Waals surface area contributed by atoms with Gasteiger partial charge >= 0.3 is 6.03 Å². The smallest absolute Gasteiger partial charge is 0.308 e. The molecule has 1 aromatic heterocycles. The number of aliphatic imine (C=N–C) groups is 1. The summed E-state index contributed by atoms with van der Waals surface area (Å²) in [5.41, 5.74) is 3.56. The summed E-state index contributed by atoms with van der Waals surface area (Å²) >= 11 is 6.16. The first-order valence-electron chi connectivity index (χ1n) is 11.9. The Labute approximate surface area is 224 Å². The van der Waals surface area contributed by atoms with Crippen molar-refractivity contribution in [2.45, 2.75) is 19.6 Å². The summed E-state index contributed by atoms with van der Waals surface area (Å²) in [4.78, 5) is 37.3. The van der Waals surface area contributed by atoms with Gasteiger partial charge in [0.1, 0.15) is 5.82 Å². The number of halogens is 2. The van der Waals surface area contributed by atoms with Gasteiger partial charge in [-0.3, -0.25) is 9.78 Å². The molecule has 38 heavy (non-hydrogen) atoms. The monoisotopic (exact) mass is 527 g/mol. The first kappa shape index (κ1) is 25.1. The average molecular weight is 528 g/mol. The number of benzene rings is 3. The van der Waals surface area contributed by atoms with E-state index in [1.54, 1.807) is 72.9 Å². The lowest BCUT2D eigenvalue weighted by atomic mass is 9.99. The normalized spacial score (nSPS) is 14.8. The van der Waals surface area contributed by atoms with E-state index in [2.05, 4.69) is 20.6 Å². The molecule has 5 rings (SSSR count). The van der Waals surface area contributed by atoms with Crippen molar-refractivity contribution in [2.75, 3.05) is 10.2 Å². The molecular formula is C29H23ClFN5O2. The highest BCUT2D eigenvalue weighted by atomic mass is 35.5. The van der Waals surface area contributed by atoms with Gasteiger partial charge in [-0.15, -0.1) is 0 Å². The fourth-order valence-electron chi connectivity index (χ4n) is 4.27. The quantitative estimate of drug-likeness (QED) is 0.348. The van der Waals surface area contributed by atoms with Crippen LogP contribution < -0.4 is 15.5 Å². The Balaban J connectivity index is 1.58. The van der Waals surface area contributed by atoms with E-state index in [9.17, 15) is 14.0 Å². The third-order valence-corrected chi connectivity index (χ3v) is 6.21.